The summed E-state index contributed by atoms with van der Waals surface area (Å²) in [6, 6.07) is 19.7. The molecule has 8 heteroatoms. The maximum absolute atomic E-state index is 13.2. The number of fused-ring (bicyclic) bond motifs is 2. The third-order valence-electron chi connectivity index (χ3n) is 6.79. The number of benzene rings is 3. The van der Waals surface area contributed by atoms with E-state index in [2.05, 4.69) is 26.7 Å². The van der Waals surface area contributed by atoms with E-state index in [1.54, 1.807) is 13.3 Å². The Kier molecular flexibility index (Phi) is 5.88. The second kappa shape index (κ2) is 9.37. The molecule has 1 atom stereocenters. The molecule has 0 radical (unpaired) electrons. The van der Waals surface area contributed by atoms with Crippen LogP contribution in [0.2, 0.25) is 0 Å². The number of anilines is 1. The van der Waals surface area contributed by atoms with Gasteiger partial charge in [-0.05, 0) is 72.9 Å². The fourth-order valence-corrected chi connectivity index (χ4v) is 5.36. The topological polar surface area (TPSA) is 96.1 Å². The minimum absolute atomic E-state index is 0.0595. The monoisotopic (exact) mass is 510 g/mol. The van der Waals surface area contributed by atoms with Crippen LogP contribution in [0.4, 0.5) is 5.13 Å². The number of aromatic nitrogens is 2. The number of aromatic amines is 1. The third kappa shape index (κ3) is 4.68. The van der Waals surface area contributed by atoms with Gasteiger partial charge < -0.3 is 20.4 Å². The van der Waals surface area contributed by atoms with Gasteiger partial charge in [0.05, 0.1) is 28.9 Å². The van der Waals surface area contributed by atoms with Crippen molar-refractivity contribution in [2.75, 3.05) is 12.4 Å². The summed E-state index contributed by atoms with van der Waals surface area (Å²) in [5.41, 5.74) is 5.38. The Morgan fingerprint density at radius 3 is 2.57 bits per heavy atom. The van der Waals surface area contributed by atoms with Crippen molar-refractivity contribution in [2.45, 2.75) is 25.8 Å². The highest BCUT2D eigenvalue weighted by molar-refractivity contribution is 7.22. The number of thiazole rings is 1. The molecule has 1 aliphatic carbocycles. The van der Waals surface area contributed by atoms with Crippen molar-refractivity contribution in [3.63, 3.8) is 0 Å². The van der Waals surface area contributed by atoms with Crippen LogP contribution in [0, 0.1) is 5.92 Å². The van der Waals surface area contributed by atoms with Crippen LogP contribution in [0.1, 0.15) is 41.7 Å². The fraction of sp³-hybridized carbons (Fsp3) is 0.207. The van der Waals surface area contributed by atoms with Crippen LogP contribution < -0.4 is 15.4 Å². The number of rotatable bonds is 7. The summed E-state index contributed by atoms with van der Waals surface area (Å²) in [6.07, 6.45) is 3.68. The van der Waals surface area contributed by atoms with E-state index in [0.29, 0.717) is 10.7 Å². The molecule has 0 spiro atoms. The van der Waals surface area contributed by atoms with Gasteiger partial charge in [0.25, 0.3) is 5.91 Å². The molecular weight excluding hydrogens is 484 g/mol. The van der Waals surface area contributed by atoms with E-state index >= 15 is 0 Å². The molecule has 2 aromatic heterocycles. The van der Waals surface area contributed by atoms with Gasteiger partial charge in [-0.1, -0.05) is 35.6 Å². The van der Waals surface area contributed by atoms with Gasteiger partial charge in [0.15, 0.2) is 5.13 Å². The Hall–Kier alpha value is -4.17. The van der Waals surface area contributed by atoms with Gasteiger partial charge in [-0.3, -0.25) is 9.59 Å². The summed E-state index contributed by atoms with van der Waals surface area (Å²) in [5.74, 6) is 0.841. The lowest BCUT2D eigenvalue weighted by atomic mass is 10.0. The highest BCUT2D eigenvalue weighted by atomic mass is 32.1. The van der Waals surface area contributed by atoms with Crippen LogP contribution in [-0.2, 0) is 4.79 Å². The zero-order chi connectivity index (χ0) is 25.5. The molecule has 1 aliphatic rings. The van der Waals surface area contributed by atoms with Crippen molar-refractivity contribution >= 4 is 49.4 Å². The molecule has 2 amide bonds. The molecule has 3 N–H and O–H groups in total. The first-order valence-electron chi connectivity index (χ1n) is 12.3. The quantitative estimate of drug-likeness (QED) is 0.240. The summed E-state index contributed by atoms with van der Waals surface area (Å²) in [7, 11) is 1.63. The number of nitrogens with one attached hydrogen (secondary N) is 3. The highest BCUT2D eigenvalue weighted by Crippen LogP contribution is 2.34. The molecular formula is C29H26N4O3S. The van der Waals surface area contributed by atoms with Crippen molar-refractivity contribution in [2.24, 2.45) is 5.92 Å². The van der Waals surface area contributed by atoms with Crippen LogP contribution in [0.3, 0.4) is 0 Å². The molecule has 1 saturated carbocycles. The molecule has 7 nitrogen and oxygen atoms in total. The summed E-state index contributed by atoms with van der Waals surface area (Å²) in [4.78, 5) is 33.1. The van der Waals surface area contributed by atoms with Gasteiger partial charge in [0, 0.05) is 23.0 Å². The van der Waals surface area contributed by atoms with E-state index in [1.165, 1.54) is 11.3 Å². The van der Waals surface area contributed by atoms with Crippen molar-refractivity contribution in [3.05, 3.63) is 78.0 Å². The molecule has 0 saturated heterocycles. The molecule has 0 aliphatic heterocycles. The second-order valence-corrected chi connectivity index (χ2v) is 10.4. The van der Waals surface area contributed by atoms with E-state index < -0.39 is 0 Å². The molecule has 3 aromatic carbocycles. The first-order chi connectivity index (χ1) is 18.0. The lowest BCUT2D eigenvalue weighted by Crippen LogP contribution is -2.26. The Morgan fingerprint density at radius 1 is 1.05 bits per heavy atom. The first-order valence-corrected chi connectivity index (χ1v) is 13.1. The van der Waals surface area contributed by atoms with Crippen LogP contribution in [0.15, 0.2) is 66.9 Å². The van der Waals surface area contributed by atoms with Gasteiger partial charge in [0.1, 0.15) is 5.75 Å². The van der Waals surface area contributed by atoms with E-state index in [4.69, 9.17) is 4.74 Å². The molecule has 0 bridgehead atoms. The largest absolute Gasteiger partial charge is 0.497 e. The normalized spacial score (nSPS) is 14.0. The maximum atomic E-state index is 13.2. The number of hydrogen-bond acceptors (Lipinski definition) is 5. The number of amides is 2. The first kappa shape index (κ1) is 23.2. The average Bonchev–Trinajstić information content (AvgIpc) is 3.56. The maximum Gasteiger partial charge on any atom is 0.253 e. The van der Waals surface area contributed by atoms with Gasteiger partial charge in [-0.15, -0.1) is 0 Å². The van der Waals surface area contributed by atoms with Crippen LogP contribution in [0.5, 0.6) is 5.75 Å². The van der Waals surface area contributed by atoms with E-state index in [1.807, 2.05) is 61.5 Å². The number of methoxy groups -OCH3 is 1. The number of carbonyl (C=O) groups is 2. The zero-order valence-corrected chi connectivity index (χ0v) is 21.3. The Balaban J connectivity index is 1.24. The number of carbonyl (C=O) groups excluding carboxylic acids is 2. The Bertz CT molecular complexity index is 1630. The fourth-order valence-electron chi connectivity index (χ4n) is 4.45. The van der Waals surface area contributed by atoms with Crippen molar-refractivity contribution in [1.82, 2.24) is 15.3 Å². The zero-order valence-electron chi connectivity index (χ0n) is 20.5. The summed E-state index contributed by atoms with van der Waals surface area (Å²) in [6.45, 7) is 1.96. The summed E-state index contributed by atoms with van der Waals surface area (Å²) >= 11 is 1.48. The minimum Gasteiger partial charge on any atom is -0.497 e. The Morgan fingerprint density at radius 2 is 1.81 bits per heavy atom. The molecule has 1 unspecified atom stereocenters. The van der Waals surface area contributed by atoms with E-state index in [9.17, 15) is 9.59 Å². The van der Waals surface area contributed by atoms with Crippen molar-refractivity contribution < 1.29 is 14.3 Å². The second-order valence-electron chi connectivity index (χ2n) is 9.40. The molecule has 5 aromatic rings. The molecule has 6 rings (SSSR count). The predicted molar refractivity (Wildman–Crippen MR) is 147 cm³/mol. The lowest BCUT2D eigenvalue weighted by molar-refractivity contribution is -0.117. The van der Waals surface area contributed by atoms with Crippen LogP contribution >= 0.6 is 11.3 Å². The predicted octanol–water partition coefficient (Wildman–Crippen LogP) is 6.29. The summed E-state index contributed by atoms with van der Waals surface area (Å²) in [5, 5.41) is 7.54. The lowest BCUT2D eigenvalue weighted by Gasteiger charge is -2.14. The van der Waals surface area contributed by atoms with Crippen LogP contribution in [-0.4, -0.2) is 28.9 Å². The molecule has 186 valence electrons. The van der Waals surface area contributed by atoms with Gasteiger partial charge in [-0.25, -0.2) is 4.98 Å². The van der Waals surface area contributed by atoms with Gasteiger partial charge >= 0.3 is 0 Å². The number of hydrogen-bond donors (Lipinski definition) is 3. The number of nitrogens with zero attached hydrogens (tertiary/aromatic N) is 1. The average molecular weight is 511 g/mol. The van der Waals surface area contributed by atoms with Crippen molar-refractivity contribution in [3.8, 4) is 16.9 Å². The van der Waals surface area contributed by atoms with Crippen molar-refractivity contribution in [1.29, 1.82) is 0 Å². The SMILES string of the molecule is COc1ccc(C(C)NC(=O)c2c[nH]c3ccc(-c4ccc5nc(NC(=O)C6CC6)sc5c4)cc23)cc1. The van der Waals surface area contributed by atoms with E-state index in [-0.39, 0.29) is 23.8 Å². The summed E-state index contributed by atoms with van der Waals surface area (Å²) < 4.78 is 6.23. The minimum atomic E-state index is -0.158. The van der Waals surface area contributed by atoms with Crippen LogP contribution in [0.25, 0.3) is 32.2 Å². The van der Waals surface area contributed by atoms with Gasteiger partial charge in [0.2, 0.25) is 5.91 Å². The third-order valence-corrected chi connectivity index (χ3v) is 7.72. The smallest absolute Gasteiger partial charge is 0.253 e. The Labute approximate surface area is 217 Å². The van der Waals surface area contributed by atoms with Gasteiger partial charge in [-0.2, -0.15) is 0 Å². The number of H-pyrrole nitrogens is 1. The molecule has 2 heterocycles. The molecule has 1 fully saturated rings. The standard InChI is InChI=1S/C29H26N4O3S/c1-16(17-5-9-21(36-2)10-6-17)31-28(35)23-15-30-24-11-7-19(13-22(23)24)20-8-12-25-26(14-20)37-29(32-25)33-27(34)18-3-4-18/h5-16,18,30H,3-4H2,1-2H3,(H,31,35)(H,32,33,34). The molecule has 37 heavy (non-hydrogen) atoms. The van der Waals surface area contributed by atoms with E-state index in [0.717, 1.165) is 56.4 Å². The number of ether oxygens (including phenoxy) is 1. The highest BCUT2D eigenvalue weighted by Gasteiger charge is 2.30.